The lowest BCUT2D eigenvalue weighted by Crippen LogP contribution is -2.15. The van der Waals surface area contributed by atoms with Gasteiger partial charge < -0.3 is 11.1 Å². The summed E-state index contributed by atoms with van der Waals surface area (Å²) in [5.74, 6) is -0.279. The van der Waals surface area contributed by atoms with Gasteiger partial charge in [0.1, 0.15) is 0 Å². The van der Waals surface area contributed by atoms with Crippen molar-refractivity contribution in [2.24, 2.45) is 11.7 Å². The molecule has 0 aliphatic heterocycles. The van der Waals surface area contributed by atoms with E-state index in [1.54, 1.807) is 0 Å². The van der Waals surface area contributed by atoms with E-state index in [9.17, 15) is 18.0 Å². The fraction of sp³-hybridized carbons (Fsp3) is 0.417. The Morgan fingerprint density at radius 1 is 1.33 bits per heavy atom. The van der Waals surface area contributed by atoms with Gasteiger partial charge in [-0.2, -0.15) is 13.2 Å². The number of benzene rings is 1. The van der Waals surface area contributed by atoms with E-state index in [4.69, 9.17) is 5.73 Å². The Morgan fingerprint density at radius 2 is 2.00 bits per heavy atom. The van der Waals surface area contributed by atoms with Crippen LogP contribution in [0.5, 0.6) is 0 Å². The summed E-state index contributed by atoms with van der Waals surface area (Å²) in [4.78, 5) is 11.5. The molecule has 1 amide bonds. The Balaban J connectivity index is 2.25. The Morgan fingerprint density at radius 3 is 2.50 bits per heavy atom. The third-order valence-electron chi connectivity index (χ3n) is 2.77. The maximum Gasteiger partial charge on any atom is 0.416 e. The van der Waals surface area contributed by atoms with Crippen LogP contribution in [0.4, 0.5) is 18.9 Å². The molecule has 0 heterocycles. The quantitative estimate of drug-likeness (QED) is 0.875. The molecule has 98 valence electrons. The second kappa shape index (κ2) is 4.61. The summed E-state index contributed by atoms with van der Waals surface area (Å²) in [6.45, 7) is -0.00375. The molecule has 1 fully saturated rings. The minimum absolute atomic E-state index is 0.00375. The van der Waals surface area contributed by atoms with Gasteiger partial charge in [0.2, 0.25) is 5.91 Å². The van der Waals surface area contributed by atoms with Gasteiger partial charge >= 0.3 is 6.18 Å². The van der Waals surface area contributed by atoms with Crippen molar-refractivity contribution in [3.63, 3.8) is 0 Å². The fourth-order valence-corrected chi connectivity index (χ4v) is 1.64. The van der Waals surface area contributed by atoms with Gasteiger partial charge in [0.25, 0.3) is 0 Å². The molecule has 0 radical (unpaired) electrons. The van der Waals surface area contributed by atoms with Gasteiger partial charge in [-0.3, -0.25) is 4.79 Å². The number of halogens is 3. The van der Waals surface area contributed by atoms with Crippen LogP contribution < -0.4 is 11.1 Å². The zero-order chi connectivity index (χ0) is 13.3. The van der Waals surface area contributed by atoms with Gasteiger partial charge in [0, 0.05) is 18.2 Å². The van der Waals surface area contributed by atoms with Crippen LogP contribution in [-0.4, -0.2) is 5.91 Å². The van der Waals surface area contributed by atoms with Crippen LogP contribution in [0, 0.1) is 5.92 Å². The third kappa shape index (κ3) is 3.01. The molecular weight excluding hydrogens is 245 g/mol. The lowest BCUT2D eigenvalue weighted by molar-refractivity contribution is -0.137. The molecule has 1 aliphatic rings. The van der Waals surface area contributed by atoms with Crippen LogP contribution in [0.25, 0.3) is 0 Å². The van der Waals surface area contributed by atoms with Gasteiger partial charge in [0.15, 0.2) is 0 Å². The van der Waals surface area contributed by atoms with Crippen LogP contribution in [0.2, 0.25) is 0 Å². The maximum atomic E-state index is 12.6. The summed E-state index contributed by atoms with van der Waals surface area (Å²) in [7, 11) is 0. The van der Waals surface area contributed by atoms with Crippen LogP contribution in [0.3, 0.4) is 0 Å². The van der Waals surface area contributed by atoms with Gasteiger partial charge in [-0.25, -0.2) is 0 Å². The molecule has 1 saturated carbocycles. The van der Waals surface area contributed by atoms with E-state index in [2.05, 4.69) is 5.32 Å². The standard InChI is InChI=1S/C12H13F3N2O/c13-12(14,15)9-3-7(6-16)4-10(5-9)17-11(18)8-1-2-8/h3-5,8H,1-2,6,16H2,(H,17,18). The number of carbonyl (C=O) groups is 1. The highest BCUT2D eigenvalue weighted by Gasteiger charge is 2.32. The molecular formula is C12H13F3N2O. The molecule has 0 unspecified atom stereocenters. The average molecular weight is 258 g/mol. The van der Waals surface area contributed by atoms with Crippen molar-refractivity contribution >= 4 is 11.6 Å². The predicted molar refractivity (Wildman–Crippen MR) is 60.7 cm³/mol. The predicted octanol–water partition coefficient (Wildman–Crippen LogP) is 2.51. The first-order chi connectivity index (χ1) is 8.40. The summed E-state index contributed by atoms with van der Waals surface area (Å²) in [6.07, 6.45) is -2.84. The van der Waals surface area contributed by atoms with E-state index >= 15 is 0 Å². The molecule has 1 aromatic carbocycles. The first kappa shape index (κ1) is 12.9. The SMILES string of the molecule is NCc1cc(NC(=O)C2CC2)cc(C(F)(F)F)c1. The molecule has 3 nitrogen and oxygen atoms in total. The molecule has 0 bridgehead atoms. The number of hydrogen-bond donors (Lipinski definition) is 2. The van der Waals surface area contributed by atoms with Crippen LogP contribution in [0.15, 0.2) is 18.2 Å². The molecule has 1 aromatic rings. The van der Waals surface area contributed by atoms with Crippen molar-refractivity contribution in [2.45, 2.75) is 25.6 Å². The zero-order valence-electron chi connectivity index (χ0n) is 9.55. The number of alkyl halides is 3. The van der Waals surface area contributed by atoms with Crippen molar-refractivity contribution in [1.82, 2.24) is 0 Å². The highest BCUT2D eigenvalue weighted by atomic mass is 19.4. The highest BCUT2D eigenvalue weighted by molar-refractivity contribution is 5.94. The molecule has 2 rings (SSSR count). The van der Waals surface area contributed by atoms with Crippen molar-refractivity contribution in [3.05, 3.63) is 29.3 Å². The minimum Gasteiger partial charge on any atom is -0.326 e. The van der Waals surface area contributed by atoms with Crippen molar-refractivity contribution in [1.29, 1.82) is 0 Å². The van der Waals surface area contributed by atoms with Gasteiger partial charge in [-0.1, -0.05) is 0 Å². The lowest BCUT2D eigenvalue weighted by atomic mass is 10.1. The molecule has 0 spiro atoms. The van der Waals surface area contributed by atoms with Gasteiger partial charge in [-0.15, -0.1) is 0 Å². The van der Waals surface area contributed by atoms with Crippen molar-refractivity contribution in [2.75, 3.05) is 5.32 Å². The second-order valence-corrected chi connectivity index (χ2v) is 4.38. The largest absolute Gasteiger partial charge is 0.416 e. The van der Waals surface area contributed by atoms with Crippen LogP contribution in [0.1, 0.15) is 24.0 Å². The van der Waals surface area contributed by atoms with E-state index in [0.717, 1.165) is 25.0 Å². The van der Waals surface area contributed by atoms with E-state index in [1.807, 2.05) is 0 Å². The van der Waals surface area contributed by atoms with Crippen molar-refractivity contribution in [3.8, 4) is 0 Å². The van der Waals surface area contributed by atoms with Crippen LogP contribution in [-0.2, 0) is 17.5 Å². The molecule has 1 aliphatic carbocycles. The minimum atomic E-state index is -4.44. The summed E-state index contributed by atoms with van der Waals surface area (Å²) < 4.78 is 37.9. The molecule has 0 aromatic heterocycles. The Kier molecular flexibility index (Phi) is 3.30. The third-order valence-corrected chi connectivity index (χ3v) is 2.77. The second-order valence-electron chi connectivity index (χ2n) is 4.38. The Hall–Kier alpha value is -1.56. The van der Waals surface area contributed by atoms with E-state index in [0.29, 0.717) is 5.56 Å². The summed E-state index contributed by atoms with van der Waals surface area (Å²) in [5.41, 5.74) is 5.06. The average Bonchev–Trinajstić information content (AvgIpc) is 3.11. The molecule has 6 heteroatoms. The fourth-order valence-electron chi connectivity index (χ4n) is 1.64. The van der Waals surface area contributed by atoms with Gasteiger partial charge in [0.05, 0.1) is 5.56 Å². The molecule has 0 saturated heterocycles. The van der Waals surface area contributed by atoms with Gasteiger partial charge in [-0.05, 0) is 36.6 Å². The number of nitrogens with two attached hydrogens (primary N) is 1. The maximum absolute atomic E-state index is 12.6. The molecule has 18 heavy (non-hydrogen) atoms. The lowest BCUT2D eigenvalue weighted by Gasteiger charge is -2.12. The number of anilines is 1. The first-order valence-electron chi connectivity index (χ1n) is 5.62. The van der Waals surface area contributed by atoms with E-state index < -0.39 is 11.7 Å². The molecule has 0 atom stereocenters. The van der Waals surface area contributed by atoms with Crippen LogP contribution >= 0.6 is 0 Å². The topological polar surface area (TPSA) is 55.1 Å². The Labute approximate surface area is 102 Å². The van der Waals surface area contributed by atoms with E-state index in [1.165, 1.54) is 6.07 Å². The smallest absolute Gasteiger partial charge is 0.326 e. The number of nitrogens with one attached hydrogen (secondary N) is 1. The Bertz CT molecular complexity index is 467. The summed E-state index contributed by atoms with van der Waals surface area (Å²) in [6, 6.07) is 3.39. The van der Waals surface area contributed by atoms with Crippen molar-refractivity contribution < 1.29 is 18.0 Å². The number of carbonyl (C=O) groups excluding carboxylic acids is 1. The first-order valence-corrected chi connectivity index (χ1v) is 5.62. The number of rotatable bonds is 3. The molecule has 3 N–H and O–H groups in total. The zero-order valence-corrected chi connectivity index (χ0v) is 9.55. The van der Waals surface area contributed by atoms with E-state index in [-0.39, 0.29) is 24.1 Å². The monoisotopic (exact) mass is 258 g/mol. The number of amides is 1. The normalized spacial score (nSPS) is 15.6. The number of hydrogen-bond acceptors (Lipinski definition) is 2. The summed E-state index contributed by atoms with van der Waals surface area (Å²) in [5, 5.41) is 2.50. The summed E-state index contributed by atoms with van der Waals surface area (Å²) >= 11 is 0. The highest BCUT2D eigenvalue weighted by Crippen LogP contribution is 2.33.